The van der Waals surface area contributed by atoms with E-state index in [0.717, 1.165) is 18.9 Å². The average Bonchev–Trinajstić information content (AvgIpc) is 3.29. The van der Waals surface area contributed by atoms with Crippen LogP contribution >= 0.6 is 0 Å². The third kappa shape index (κ3) is 4.58. The van der Waals surface area contributed by atoms with Gasteiger partial charge in [-0.2, -0.15) is 0 Å². The maximum absolute atomic E-state index is 13.5. The number of hydrogen-bond donors (Lipinski definition) is 1. The van der Waals surface area contributed by atoms with Crippen molar-refractivity contribution in [3.05, 3.63) is 35.7 Å². The SMILES string of the molecule is COc1ccc(/C=C/C(=O)O[C@@H](C)C(=O)NC2CC2)cc1F. The molecule has 0 aliphatic heterocycles. The van der Waals surface area contributed by atoms with E-state index < -0.39 is 17.9 Å². The fourth-order valence-corrected chi connectivity index (χ4v) is 1.76. The first-order valence-electron chi connectivity index (χ1n) is 7.02. The molecular weight excluding hydrogens is 289 g/mol. The molecule has 6 heteroatoms. The number of esters is 1. The summed E-state index contributed by atoms with van der Waals surface area (Å²) < 4.78 is 23.3. The van der Waals surface area contributed by atoms with Gasteiger partial charge in [0.25, 0.3) is 5.91 Å². The second kappa shape index (κ2) is 7.06. The van der Waals surface area contributed by atoms with Crippen LogP contribution in [-0.2, 0) is 14.3 Å². The van der Waals surface area contributed by atoms with Crippen molar-refractivity contribution >= 4 is 18.0 Å². The Morgan fingerprint density at radius 1 is 1.41 bits per heavy atom. The number of benzene rings is 1. The lowest BCUT2D eigenvalue weighted by molar-refractivity contribution is -0.150. The number of amides is 1. The summed E-state index contributed by atoms with van der Waals surface area (Å²) in [5.41, 5.74) is 0.491. The predicted octanol–water partition coefficient (Wildman–Crippen LogP) is 2.06. The van der Waals surface area contributed by atoms with E-state index >= 15 is 0 Å². The van der Waals surface area contributed by atoms with Gasteiger partial charge in [0.2, 0.25) is 0 Å². The zero-order valence-electron chi connectivity index (χ0n) is 12.5. The van der Waals surface area contributed by atoms with Gasteiger partial charge >= 0.3 is 5.97 Å². The summed E-state index contributed by atoms with van der Waals surface area (Å²) in [7, 11) is 1.37. The molecule has 1 amide bonds. The smallest absolute Gasteiger partial charge is 0.331 e. The van der Waals surface area contributed by atoms with Gasteiger partial charge in [0, 0.05) is 12.1 Å². The van der Waals surface area contributed by atoms with Crippen molar-refractivity contribution in [2.45, 2.75) is 31.9 Å². The minimum absolute atomic E-state index is 0.130. The summed E-state index contributed by atoms with van der Waals surface area (Å²) in [5.74, 6) is -1.35. The number of rotatable bonds is 6. The van der Waals surface area contributed by atoms with Crippen LogP contribution in [0.3, 0.4) is 0 Å². The fraction of sp³-hybridized carbons (Fsp3) is 0.375. The molecule has 0 bridgehead atoms. The highest BCUT2D eigenvalue weighted by Gasteiger charge is 2.26. The molecule has 0 aromatic heterocycles. The predicted molar refractivity (Wildman–Crippen MR) is 78.7 cm³/mol. The lowest BCUT2D eigenvalue weighted by atomic mass is 10.2. The molecule has 1 saturated carbocycles. The van der Waals surface area contributed by atoms with Crippen molar-refractivity contribution in [2.24, 2.45) is 0 Å². The molecule has 1 atom stereocenters. The summed E-state index contributed by atoms with van der Waals surface area (Å²) in [6.07, 6.45) is 3.65. The Labute approximate surface area is 128 Å². The lowest BCUT2D eigenvalue weighted by Gasteiger charge is -2.11. The van der Waals surface area contributed by atoms with E-state index in [-0.39, 0.29) is 17.7 Å². The summed E-state index contributed by atoms with van der Waals surface area (Å²) >= 11 is 0. The molecule has 0 spiro atoms. The summed E-state index contributed by atoms with van der Waals surface area (Å²) in [5, 5.41) is 2.75. The number of methoxy groups -OCH3 is 1. The van der Waals surface area contributed by atoms with Gasteiger partial charge in [-0.05, 0) is 43.5 Å². The molecule has 1 fully saturated rings. The minimum atomic E-state index is -0.856. The molecule has 1 N–H and O–H groups in total. The zero-order valence-corrected chi connectivity index (χ0v) is 12.5. The van der Waals surface area contributed by atoms with Gasteiger partial charge in [-0.25, -0.2) is 9.18 Å². The molecule has 0 unspecified atom stereocenters. The molecule has 22 heavy (non-hydrogen) atoms. The second-order valence-electron chi connectivity index (χ2n) is 5.09. The van der Waals surface area contributed by atoms with E-state index in [9.17, 15) is 14.0 Å². The van der Waals surface area contributed by atoms with Crippen LogP contribution in [0.5, 0.6) is 5.75 Å². The van der Waals surface area contributed by atoms with Gasteiger partial charge in [-0.3, -0.25) is 4.79 Å². The highest BCUT2D eigenvalue weighted by Crippen LogP contribution is 2.19. The van der Waals surface area contributed by atoms with Crippen LogP contribution in [-0.4, -0.2) is 31.1 Å². The van der Waals surface area contributed by atoms with E-state index in [1.54, 1.807) is 6.07 Å². The standard InChI is InChI=1S/C16H18FNO4/c1-10(16(20)18-12-5-6-12)22-15(19)8-4-11-3-7-14(21-2)13(17)9-11/h3-4,7-10,12H,5-6H2,1-2H3,(H,18,20)/b8-4+/t10-/m0/s1. The number of ether oxygens (including phenoxy) is 2. The van der Waals surface area contributed by atoms with E-state index in [0.29, 0.717) is 5.56 Å². The van der Waals surface area contributed by atoms with Crippen LogP contribution in [0.15, 0.2) is 24.3 Å². The van der Waals surface area contributed by atoms with E-state index in [2.05, 4.69) is 5.32 Å². The van der Waals surface area contributed by atoms with Crippen LogP contribution in [0.1, 0.15) is 25.3 Å². The van der Waals surface area contributed by atoms with Gasteiger partial charge in [-0.1, -0.05) is 6.07 Å². The van der Waals surface area contributed by atoms with Crippen molar-refractivity contribution in [3.8, 4) is 5.75 Å². The molecule has 2 rings (SSSR count). The van der Waals surface area contributed by atoms with Crippen molar-refractivity contribution in [3.63, 3.8) is 0 Å². The molecular formula is C16H18FNO4. The Morgan fingerprint density at radius 2 is 2.14 bits per heavy atom. The van der Waals surface area contributed by atoms with Crippen molar-refractivity contribution in [2.75, 3.05) is 7.11 Å². The molecule has 118 valence electrons. The minimum Gasteiger partial charge on any atom is -0.494 e. The Hall–Kier alpha value is -2.37. The van der Waals surface area contributed by atoms with E-state index in [1.807, 2.05) is 0 Å². The number of hydrogen-bond acceptors (Lipinski definition) is 4. The van der Waals surface area contributed by atoms with Crippen LogP contribution in [0.25, 0.3) is 6.08 Å². The Kier molecular flexibility index (Phi) is 5.14. The molecule has 0 heterocycles. The number of carbonyl (C=O) groups is 2. The van der Waals surface area contributed by atoms with Crippen LogP contribution in [0, 0.1) is 5.82 Å². The summed E-state index contributed by atoms with van der Waals surface area (Å²) in [6.45, 7) is 1.51. The highest BCUT2D eigenvalue weighted by atomic mass is 19.1. The van der Waals surface area contributed by atoms with Crippen LogP contribution < -0.4 is 10.1 Å². The van der Waals surface area contributed by atoms with Gasteiger partial charge < -0.3 is 14.8 Å². The fourth-order valence-electron chi connectivity index (χ4n) is 1.76. The summed E-state index contributed by atoms with van der Waals surface area (Å²) in [6, 6.07) is 4.53. The van der Waals surface area contributed by atoms with Crippen molar-refractivity contribution in [1.29, 1.82) is 0 Å². The Morgan fingerprint density at radius 3 is 2.73 bits per heavy atom. The zero-order chi connectivity index (χ0) is 16.1. The number of halogens is 1. The topological polar surface area (TPSA) is 64.6 Å². The first kappa shape index (κ1) is 16.0. The molecule has 1 aliphatic rings. The summed E-state index contributed by atoms with van der Waals surface area (Å²) in [4.78, 5) is 23.3. The van der Waals surface area contributed by atoms with E-state index in [4.69, 9.17) is 9.47 Å². The van der Waals surface area contributed by atoms with Crippen molar-refractivity contribution < 1.29 is 23.5 Å². The van der Waals surface area contributed by atoms with Crippen molar-refractivity contribution in [1.82, 2.24) is 5.32 Å². The Balaban J connectivity index is 1.87. The third-order valence-electron chi connectivity index (χ3n) is 3.17. The monoisotopic (exact) mass is 307 g/mol. The maximum Gasteiger partial charge on any atom is 0.331 e. The molecule has 5 nitrogen and oxygen atoms in total. The lowest BCUT2D eigenvalue weighted by Crippen LogP contribution is -2.36. The Bertz CT molecular complexity index is 596. The van der Waals surface area contributed by atoms with Gasteiger partial charge in [-0.15, -0.1) is 0 Å². The highest BCUT2D eigenvalue weighted by molar-refractivity contribution is 5.90. The molecule has 1 aliphatic carbocycles. The largest absolute Gasteiger partial charge is 0.494 e. The quantitative estimate of drug-likeness (QED) is 0.645. The molecule has 1 aromatic carbocycles. The number of carbonyl (C=O) groups excluding carboxylic acids is 2. The van der Waals surface area contributed by atoms with Crippen LogP contribution in [0.4, 0.5) is 4.39 Å². The molecule has 1 aromatic rings. The number of nitrogens with one attached hydrogen (secondary N) is 1. The molecule has 0 saturated heterocycles. The normalized spacial score (nSPS) is 15.4. The average molecular weight is 307 g/mol. The second-order valence-corrected chi connectivity index (χ2v) is 5.09. The van der Waals surface area contributed by atoms with Gasteiger partial charge in [0.1, 0.15) is 0 Å². The van der Waals surface area contributed by atoms with Crippen LogP contribution in [0.2, 0.25) is 0 Å². The third-order valence-corrected chi connectivity index (χ3v) is 3.17. The first-order valence-corrected chi connectivity index (χ1v) is 7.02. The first-order chi connectivity index (χ1) is 10.5. The maximum atomic E-state index is 13.5. The van der Waals surface area contributed by atoms with Gasteiger partial charge in [0.15, 0.2) is 17.7 Å². The van der Waals surface area contributed by atoms with E-state index in [1.165, 1.54) is 32.2 Å². The van der Waals surface area contributed by atoms with Gasteiger partial charge in [0.05, 0.1) is 7.11 Å². The molecule has 0 radical (unpaired) electrons.